The van der Waals surface area contributed by atoms with Crippen LogP contribution in [0.1, 0.15) is 18.4 Å². The van der Waals surface area contributed by atoms with E-state index in [9.17, 15) is 0 Å². The summed E-state index contributed by atoms with van der Waals surface area (Å²) in [6.45, 7) is 3.12. The Labute approximate surface area is 85.5 Å². The maximum Gasteiger partial charge on any atom is 0.0713 e. The zero-order chi connectivity index (χ0) is 9.80. The Bertz CT molecular complexity index is 292. The van der Waals surface area contributed by atoms with E-state index in [2.05, 4.69) is 29.2 Å². The molecule has 0 unspecified atom stereocenters. The lowest BCUT2D eigenvalue weighted by Gasteiger charge is -2.18. The average Bonchev–Trinajstić information content (AvgIpc) is 2.71. The van der Waals surface area contributed by atoms with Crippen LogP contribution in [-0.4, -0.2) is 20.2 Å². The Morgan fingerprint density at radius 2 is 2.07 bits per heavy atom. The molecule has 1 aliphatic heterocycles. The summed E-state index contributed by atoms with van der Waals surface area (Å²) in [5.74, 6) is 0. The minimum Gasteiger partial charge on any atom is -0.380 e. The van der Waals surface area contributed by atoms with Gasteiger partial charge in [0.2, 0.25) is 0 Å². The summed E-state index contributed by atoms with van der Waals surface area (Å²) in [6.07, 6.45) is 2.66. The normalized spacial score (nSPS) is 16.2. The fraction of sp³-hybridized carbons (Fsp3) is 0.500. The van der Waals surface area contributed by atoms with Gasteiger partial charge in [0.05, 0.1) is 6.61 Å². The van der Waals surface area contributed by atoms with Gasteiger partial charge in [-0.05, 0) is 30.5 Å². The molecule has 1 fully saturated rings. The smallest absolute Gasteiger partial charge is 0.0713 e. The van der Waals surface area contributed by atoms with Crippen LogP contribution in [0.15, 0.2) is 24.3 Å². The number of methoxy groups -OCH3 is 1. The summed E-state index contributed by atoms with van der Waals surface area (Å²) in [5.41, 5.74) is 2.61. The van der Waals surface area contributed by atoms with Gasteiger partial charge in [-0.3, -0.25) is 0 Å². The first-order valence-electron chi connectivity index (χ1n) is 5.23. The highest BCUT2D eigenvalue weighted by molar-refractivity contribution is 5.49. The molecule has 0 saturated carbocycles. The molecule has 0 spiro atoms. The van der Waals surface area contributed by atoms with Crippen molar-refractivity contribution in [1.82, 2.24) is 0 Å². The van der Waals surface area contributed by atoms with Gasteiger partial charge in [-0.1, -0.05) is 12.1 Å². The zero-order valence-corrected chi connectivity index (χ0v) is 8.70. The third-order valence-corrected chi connectivity index (χ3v) is 2.69. The highest BCUT2D eigenvalue weighted by Gasteiger charge is 2.11. The van der Waals surface area contributed by atoms with Crippen LogP contribution in [-0.2, 0) is 11.3 Å². The molecule has 1 aliphatic rings. The molecule has 14 heavy (non-hydrogen) atoms. The van der Waals surface area contributed by atoms with Crippen LogP contribution in [0.25, 0.3) is 0 Å². The van der Waals surface area contributed by atoms with Crippen molar-refractivity contribution in [3.05, 3.63) is 29.8 Å². The number of hydrogen-bond donors (Lipinski definition) is 0. The van der Waals surface area contributed by atoms with Crippen LogP contribution in [0.4, 0.5) is 5.69 Å². The molecule has 1 aromatic rings. The number of rotatable bonds is 3. The Hall–Kier alpha value is -1.02. The first-order valence-corrected chi connectivity index (χ1v) is 5.23. The van der Waals surface area contributed by atoms with E-state index in [0.29, 0.717) is 6.61 Å². The van der Waals surface area contributed by atoms with E-state index < -0.39 is 0 Å². The SMILES string of the molecule is COCc1cccc(N2CCCC2)c1. The van der Waals surface area contributed by atoms with Gasteiger partial charge < -0.3 is 9.64 Å². The zero-order valence-electron chi connectivity index (χ0n) is 8.70. The van der Waals surface area contributed by atoms with Crippen LogP contribution in [0.5, 0.6) is 0 Å². The van der Waals surface area contributed by atoms with Crippen LogP contribution in [0.3, 0.4) is 0 Å². The van der Waals surface area contributed by atoms with Crippen LogP contribution < -0.4 is 4.90 Å². The van der Waals surface area contributed by atoms with Gasteiger partial charge >= 0.3 is 0 Å². The van der Waals surface area contributed by atoms with Crippen LogP contribution >= 0.6 is 0 Å². The molecule has 2 heteroatoms. The van der Waals surface area contributed by atoms with E-state index >= 15 is 0 Å². The van der Waals surface area contributed by atoms with Crippen molar-refractivity contribution >= 4 is 5.69 Å². The van der Waals surface area contributed by atoms with Crippen molar-refractivity contribution in [3.63, 3.8) is 0 Å². The third-order valence-electron chi connectivity index (χ3n) is 2.69. The molecule has 0 aromatic heterocycles. The molecular weight excluding hydrogens is 174 g/mol. The van der Waals surface area contributed by atoms with Gasteiger partial charge in [0.25, 0.3) is 0 Å². The molecule has 1 heterocycles. The number of benzene rings is 1. The second kappa shape index (κ2) is 4.47. The first kappa shape index (κ1) is 9.53. The van der Waals surface area contributed by atoms with E-state index in [1.54, 1.807) is 7.11 Å². The maximum absolute atomic E-state index is 5.13. The number of anilines is 1. The molecule has 76 valence electrons. The molecule has 2 nitrogen and oxygen atoms in total. The molecule has 0 bridgehead atoms. The highest BCUT2D eigenvalue weighted by Crippen LogP contribution is 2.21. The first-order chi connectivity index (χ1) is 6.90. The molecule has 0 atom stereocenters. The molecule has 0 amide bonds. The van der Waals surface area contributed by atoms with E-state index in [1.807, 2.05) is 0 Å². The minimum absolute atomic E-state index is 0.710. The fourth-order valence-electron chi connectivity index (χ4n) is 1.98. The predicted molar refractivity (Wildman–Crippen MR) is 58.6 cm³/mol. The molecule has 1 saturated heterocycles. The fourth-order valence-corrected chi connectivity index (χ4v) is 1.98. The van der Waals surface area contributed by atoms with E-state index in [-0.39, 0.29) is 0 Å². The number of ether oxygens (including phenoxy) is 1. The Morgan fingerprint density at radius 3 is 2.79 bits per heavy atom. The van der Waals surface area contributed by atoms with Crippen molar-refractivity contribution in [2.24, 2.45) is 0 Å². The van der Waals surface area contributed by atoms with Crippen LogP contribution in [0.2, 0.25) is 0 Å². The van der Waals surface area contributed by atoms with Gasteiger partial charge in [-0.25, -0.2) is 0 Å². The van der Waals surface area contributed by atoms with Crippen molar-refractivity contribution in [2.45, 2.75) is 19.4 Å². The standard InChI is InChI=1S/C12H17NO/c1-14-10-11-5-4-6-12(9-11)13-7-2-3-8-13/h4-6,9H,2-3,7-8,10H2,1H3. The van der Waals surface area contributed by atoms with E-state index in [1.165, 1.54) is 37.2 Å². The Kier molecular flexibility index (Phi) is 3.04. The second-order valence-corrected chi connectivity index (χ2v) is 3.80. The number of nitrogens with zero attached hydrogens (tertiary/aromatic N) is 1. The lowest BCUT2D eigenvalue weighted by molar-refractivity contribution is 0.185. The molecule has 0 aliphatic carbocycles. The minimum atomic E-state index is 0.710. The summed E-state index contributed by atoms with van der Waals surface area (Å²) in [7, 11) is 1.74. The van der Waals surface area contributed by atoms with Crippen molar-refractivity contribution in [3.8, 4) is 0 Å². The van der Waals surface area contributed by atoms with E-state index in [4.69, 9.17) is 4.74 Å². The van der Waals surface area contributed by atoms with Crippen molar-refractivity contribution in [2.75, 3.05) is 25.1 Å². The average molecular weight is 191 g/mol. The number of hydrogen-bond acceptors (Lipinski definition) is 2. The topological polar surface area (TPSA) is 12.5 Å². The Balaban J connectivity index is 2.12. The Morgan fingerprint density at radius 1 is 1.29 bits per heavy atom. The van der Waals surface area contributed by atoms with Crippen molar-refractivity contribution < 1.29 is 4.74 Å². The summed E-state index contributed by atoms with van der Waals surface area (Å²) in [6, 6.07) is 8.64. The van der Waals surface area contributed by atoms with Gasteiger partial charge in [0.1, 0.15) is 0 Å². The lowest BCUT2D eigenvalue weighted by atomic mass is 10.2. The summed E-state index contributed by atoms with van der Waals surface area (Å²) >= 11 is 0. The summed E-state index contributed by atoms with van der Waals surface area (Å²) in [5, 5.41) is 0. The monoisotopic (exact) mass is 191 g/mol. The van der Waals surface area contributed by atoms with Crippen LogP contribution in [0, 0.1) is 0 Å². The molecule has 2 rings (SSSR count). The predicted octanol–water partition coefficient (Wildman–Crippen LogP) is 2.43. The molecular formula is C12H17NO. The van der Waals surface area contributed by atoms with Gasteiger partial charge in [-0.15, -0.1) is 0 Å². The lowest BCUT2D eigenvalue weighted by Crippen LogP contribution is -2.17. The highest BCUT2D eigenvalue weighted by atomic mass is 16.5. The molecule has 1 aromatic carbocycles. The summed E-state index contributed by atoms with van der Waals surface area (Å²) < 4.78 is 5.13. The van der Waals surface area contributed by atoms with Gasteiger partial charge in [0.15, 0.2) is 0 Å². The van der Waals surface area contributed by atoms with Gasteiger partial charge in [0, 0.05) is 25.9 Å². The summed E-state index contributed by atoms with van der Waals surface area (Å²) in [4.78, 5) is 2.44. The largest absolute Gasteiger partial charge is 0.380 e. The van der Waals surface area contributed by atoms with E-state index in [0.717, 1.165) is 0 Å². The third kappa shape index (κ3) is 2.07. The van der Waals surface area contributed by atoms with Gasteiger partial charge in [-0.2, -0.15) is 0 Å². The quantitative estimate of drug-likeness (QED) is 0.727. The molecule has 0 N–H and O–H groups in total. The van der Waals surface area contributed by atoms with Crippen molar-refractivity contribution in [1.29, 1.82) is 0 Å². The molecule has 0 radical (unpaired) electrons. The maximum atomic E-state index is 5.13. The second-order valence-electron chi connectivity index (χ2n) is 3.80.